The number of carbonyl (C=O) groups excluding carboxylic acids is 1. The number of amides is 1. The van der Waals surface area contributed by atoms with E-state index in [4.69, 9.17) is 9.72 Å². The maximum Gasteiger partial charge on any atom is 0.259 e. The van der Waals surface area contributed by atoms with Crippen molar-refractivity contribution >= 4 is 27.5 Å². The SMILES string of the molecule is O=C(CCCOc1ccccc1)N1CCN(Cc2nc3sc4c(c3c(=O)[nH]2)CCCC4)CC1. The van der Waals surface area contributed by atoms with Crippen LogP contribution >= 0.6 is 11.3 Å². The van der Waals surface area contributed by atoms with Gasteiger partial charge in [0, 0.05) is 37.5 Å². The molecule has 33 heavy (non-hydrogen) atoms. The minimum atomic E-state index is 0.000866. The van der Waals surface area contributed by atoms with Crippen LogP contribution in [0.25, 0.3) is 10.2 Å². The van der Waals surface area contributed by atoms with Crippen molar-refractivity contribution < 1.29 is 9.53 Å². The number of nitrogens with zero attached hydrogens (tertiary/aromatic N) is 3. The summed E-state index contributed by atoms with van der Waals surface area (Å²) in [6.45, 7) is 4.14. The van der Waals surface area contributed by atoms with E-state index >= 15 is 0 Å². The molecule has 3 heterocycles. The Bertz CT molecular complexity index is 1170. The molecular formula is C25H30N4O3S. The van der Waals surface area contributed by atoms with Crippen LogP contribution in [-0.4, -0.2) is 58.5 Å². The van der Waals surface area contributed by atoms with Crippen LogP contribution in [0.1, 0.15) is 41.9 Å². The second kappa shape index (κ2) is 10.1. The Morgan fingerprint density at radius 2 is 1.88 bits per heavy atom. The molecule has 1 fully saturated rings. The average molecular weight is 467 g/mol. The molecule has 174 valence electrons. The summed E-state index contributed by atoms with van der Waals surface area (Å²) in [5, 5.41) is 0.810. The van der Waals surface area contributed by atoms with Crippen molar-refractivity contribution in [3.63, 3.8) is 0 Å². The predicted octanol–water partition coefficient (Wildman–Crippen LogP) is 3.37. The van der Waals surface area contributed by atoms with Gasteiger partial charge < -0.3 is 14.6 Å². The van der Waals surface area contributed by atoms with Crippen molar-refractivity contribution in [3.8, 4) is 5.75 Å². The molecule has 8 heteroatoms. The van der Waals surface area contributed by atoms with E-state index in [0.717, 1.165) is 54.1 Å². The van der Waals surface area contributed by atoms with E-state index in [1.165, 1.54) is 16.9 Å². The smallest absolute Gasteiger partial charge is 0.259 e. The molecule has 0 saturated carbocycles. The number of aryl methyl sites for hydroxylation is 2. The Hall–Kier alpha value is -2.71. The summed E-state index contributed by atoms with van der Waals surface area (Å²) in [5.74, 6) is 1.75. The first kappa shape index (κ1) is 22.1. The first-order valence-corrected chi connectivity index (χ1v) is 12.7. The van der Waals surface area contributed by atoms with Gasteiger partial charge in [-0.15, -0.1) is 11.3 Å². The van der Waals surface area contributed by atoms with Crippen LogP contribution in [0, 0.1) is 0 Å². The summed E-state index contributed by atoms with van der Waals surface area (Å²) in [6, 6.07) is 9.69. The molecule has 2 aliphatic rings. The third kappa shape index (κ3) is 5.12. The van der Waals surface area contributed by atoms with Gasteiger partial charge in [0.05, 0.1) is 18.5 Å². The van der Waals surface area contributed by atoms with Crippen molar-refractivity contribution in [2.75, 3.05) is 32.8 Å². The molecule has 1 saturated heterocycles. The molecule has 1 aliphatic heterocycles. The topological polar surface area (TPSA) is 78.5 Å². The Morgan fingerprint density at radius 3 is 2.70 bits per heavy atom. The van der Waals surface area contributed by atoms with Gasteiger partial charge in [0.15, 0.2) is 0 Å². The number of hydrogen-bond donors (Lipinski definition) is 1. The minimum Gasteiger partial charge on any atom is -0.494 e. The normalized spacial score (nSPS) is 16.7. The molecule has 0 bridgehead atoms. The largest absolute Gasteiger partial charge is 0.494 e. The maximum atomic E-state index is 12.8. The molecule has 1 aromatic carbocycles. The van der Waals surface area contributed by atoms with Crippen LogP contribution in [0.15, 0.2) is 35.1 Å². The molecule has 0 unspecified atom stereocenters. The Labute approximate surface area is 197 Å². The summed E-state index contributed by atoms with van der Waals surface area (Å²) in [6.07, 6.45) is 5.63. The fourth-order valence-corrected chi connectivity index (χ4v) is 6.02. The molecule has 0 spiro atoms. The molecule has 5 rings (SSSR count). The van der Waals surface area contributed by atoms with E-state index < -0.39 is 0 Å². The zero-order valence-electron chi connectivity index (χ0n) is 18.8. The minimum absolute atomic E-state index is 0.000866. The highest BCUT2D eigenvalue weighted by atomic mass is 32.1. The van der Waals surface area contributed by atoms with E-state index in [-0.39, 0.29) is 11.5 Å². The third-order valence-corrected chi connectivity index (χ3v) is 7.71. The van der Waals surface area contributed by atoms with Crippen LogP contribution in [-0.2, 0) is 24.2 Å². The number of aromatic amines is 1. The predicted molar refractivity (Wildman–Crippen MR) is 130 cm³/mol. The Morgan fingerprint density at radius 1 is 1.09 bits per heavy atom. The maximum absolute atomic E-state index is 12.8. The highest BCUT2D eigenvalue weighted by Crippen LogP contribution is 2.33. The number of nitrogens with one attached hydrogen (secondary N) is 1. The number of thiophene rings is 1. The van der Waals surface area contributed by atoms with Gasteiger partial charge in [-0.1, -0.05) is 18.2 Å². The molecule has 0 radical (unpaired) electrons. The third-order valence-electron chi connectivity index (χ3n) is 6.52. The number of H-pyrrole nitrogens is 1. The lowest BCUT2D eigenvalue weighted by molar-refractivity contribution is -0.133. The monoisotopic (exact) mass is 466 g/mol. The number of para-hydroxylation sites is 1. The second-order valence-corrected chi connectivity index (χ2v) is 9.91. The molecule has 7 nitrogen and oxygen atoms in total. The Balaban J connectivity index is 1.10. The van der Waals surface area contributed by atoms with Crippen LogP contribution in [0.4, 0.5) is 0 Å². The van der Waals surface area contributed by atoms with Crippen LogP contribution in [0.5, 0.6) is 5.75 Å². The highest BCUT2D eigenvalue weighted by Gasteiger charge is 2.23. The molecule has 0 atom stereocenters. The number of fused-ring (bicyclic) bond motifs is 3. The van der Waals surface area contributed by atoms with Gasteiger partial charge in [-0.2, -0.15) is 0 Å². The quantitative estimate of drug-likeness (QED) is 0.540. The van der Waals surface area contributed by atoms with Crippen LogP contribution in [0.3, 0.4) is 0 Å². The van der Waals surface area contributed by atoms with Gasteiger partial charge in [0.2, 0.25) is 5.91 Å². The summed E-state index contributed by atoms with van der Waals surface area (Å²) < 4.78 is 5.68. The first-order valence-electron chi connectivity index (χ1n) is 11.9. The Kier molecular flexibility index (Phi) is 6.73. The van der Waals surface area contributed by atoms with Gasteiger partial charge in [-0.3, -0.25) is 14.5 Å². The van der Waals surface area contributed by atoms with E-state index in [2.05, 4.69) is 9.88 Å². The fraction of sp³-hybridized carbons (Fsp3) is 0.480. The number of hydrogen-bond acceptors (Lipinski definition) is 6. The second-order valence-electron chi connectivity index (χ2n) is 8.83. The van der Waals surface area contributed by atoms with E-state index in [1.807, 2.05) is 35.2 Å². The average Bonchev–Trinajstić information content (AvgIpc) is 3.22. The molecule has 1 N–H and O–H groups in total. The van der Waals surface area contributed by atoms with Gasteiger partial charge in [-0.25, -0.2) is 4.98 Å². The zero-order chi connectivity index (χ0) is 22.6. The number of rotatable bonds is 7. The highest BCUT2D eigenvalue weighted by molar-refractivity contribution is 7.18. The molecular weight excluding hydrogens is 436 g/mol. The number of carbonyl (C=O) groups is 1. The summed E-state index contributed by atoms with van der Waals surface area (Å²) >= 11 is 1.69. The van der Waals surface area contributed by atoms with Crippen LogP contribution < -0.4 is 10.3 Å². The van der Waals surface area contributed by atoms with Crippen molar-refractivity contribution in [1.29, 1.82) is 0 Å². The zero-order valence-corrected chi connectivity index (χ0v) is 19.7. The van der Waals surface area contributed by atoms with Crippen molar-refractivity contribution in [2.24, 2.45) is 0 Å². The molecule has 3 aromatic rings. The van der Waals surface area contributed by atoms with Crippen LogP contribution in [0.2, 0.25) is 0 Å². The summed E-state index contributed by atoms with van der Waals surface area (Å²) in [7, 11) is 0. The standard InChI is InChI=1S/C25H30N4O3S/c30-22(11-6-16-32-18-7-2-1-3-8-18)29-14-12-28(13-15-29)17-21-26-24(31)23-19-9-4-5-10-20(19)33-25(23)27-21/h1-3,7-8H,4-6,9-17H2,(H,26,27,31). The number of aromatic nitrogens is 2. The lowest BCUT2D eigenvalue weighted by Gasteiger charge is -2.34. The molecule has 1 aliphatic carbocycles. The van der Waals surface area contributed by atoms with E-state index in [0.29, 0.717) is 39.1 Å². The van der Waals surface area contributed by atoms with Crippen molar-refractivity contribution in [3.05, 3.63) is 57.0 Å². The number of piperazine rings is 1. The molecule has 2 aromatic heterocycles. The lowest BCUT2D eigenvalue weighted by atomic mass is 9.97. The van der Waals surface area contributed by atoms with E-state index in [9.17, 15) is 9.59 Å². The summed E-state index contributed by atoms with van der Waals surface area (Å²) in [4.78, 5) is 39.5. The first-order chi connectivity index (χ1) is 16.2. The lowest BCUT2D eigenvalue weighted by Crippen LogP contribution is -2.48. The summed E-state index contributed by atoms with van der Waals surface area (Å²) in [5.41, 5.74) is 1.23. The van der Waals surface area contributed by atoms with Gasteiger partial charge >= 0.3 is 0 Å². The fourth-order valence-electron chi connectivity index (χ4n) is 4.74. The number of benzene rings is 1. The van der Waals surface area contributed by atoms with E-state index in [1.54, 1.807) is 11.3 Å². The number of ether oxygens (including phenoxy) is 1. The van der Waals surface area contributed by atoms with Gasteiger partial charge in [0.1, 0.15) is 16.4 Å². The van der Waals surface area contributed by atoms with Crippen molar-refractivity contribution in [1.82, 2.24) is 19.8 Å². The van der Waals surface area contributed by atoms with Crippen molar-refractivity contribution in [2.45, 2.75) is 45.1 Å². The van der Waals surface area contributed by atoms with Gasteiger partial charge in [0.25, 0.3) is 5.56 Å². The van der Waals surface area contributed by atoms with Gasteiger partial charge in [-0.05, 0) is 49.8 Å². The molecule has 1 amide bonds.